The summed E-state index contributed by atoms with van der Waals surface area (Å²) in [5.41, 5.74) is 2.96. The van der Waals surface area contributed by atoms with Crippen molar-refractivity contribution in [3.8, 4) is 5.75 Å². The second kappa shape index (κ2) is 7.80. The highest BCUT2D eigenvalue weighted by atomic mass is 32.2. The fourth-order valence-electron chi connectivity index (χ4n) is 2.93. The zero-order valence-electron chi connectivity index (χ0n) is 16.1. The van der Waals surface area contributed by atoms with Gasteiger partial charge in [0.25, 0.3) is 10.1 Å². The first-order valence-electron chi connectivity index (χ1n) is 8.79. The summed E-state index contributed by atoms with van der Waals surface area (Å²) >= 11 is 0. The number of hydrogen-bond acceptors (Lipinski definition) is 3. The summed E-state index contributed by atoms with van der Waals surface area (Å²) in [4.78, 5) is -0.0472. The summed E-state index contributed by atoms with van der Waals surface area (Å²) in [6.45, 7) is 10.2. The molecule has 1 unspecified atom stereocenters. The third kappa shape index (κ3) is 6.15. The van der Waals surface area contributed by atoms with Crippen LogP contribution in [0.15, 0.2) is 47.4 Å². The van der Waals surface area contributed by atoms with E-state index in [0.29, 0.717) is 5.92 Å². The fraction of sp³-hybridized carbons (Fsp3) is 0.429. The van der Waals surface area contributed by atoms with E-state index in [1.807, 2.05) is 39.8 Å². The van der Waals surface area contributed by atoms with Crippen molar-refractivity contribution in [2.45, 2.75) is 58.0 Å². The zero-order chi connectivity index (χ0) is 19.5. The lowest BCUT2D eigenvalue weighted by Gasteiger charge is -2.21. The molecule has 1 N–H and O–H groups in total. The number of rotatable bonds is 6. The molecule has 142 valence electrons. The molecule has 0 saturated carbocycles. The monoisotopic (exact) mass is 376 g/mol. The second-order valence-corrected chi connectivity index (χ2v) is 9.36. The Bertz CT molecular complexity index is 847. The van der Waals surface area contributed by atoms with Crippen LogP contribution in [0.5, 0.6) is 5.75 Å². The lowest BCUT2D eigenvalue weighted by Crippen LogP contribution is -2.22. The average molecular weight is 377 g/mol. The molecule has 0 bridgehead atoms. The SMILES string of the molecule is Cc1ccc(S(=O)(=O)O)cc1CC(C)Cc1ccc(OC(C)(C)C)cc1. The lowest BCUT2D eigenvalue weighted by atomic mass is 9.92. The van der Waals surface area contributed by atoms with Crippen molar-refractivity contribution in [1.82, 2.24) is 0 Å². The van der Waals surface area contributed by atoms with Gasteiger partial charge in [-0.05, 0) is 87.4 Å². The molecule has 0 saturated heterocycles. The Morgan fingerprint density at radius 2 is 1.65 bits per heavy atom. The predicted octanol–water partition coefficient (Wildman–Crippen LogP) is 4.84. The summed E-state index contributed by atoms with van der Waals surface area (Å²) in [5.74, 6) is 1.19. The summed E-state index contributed by atoms with van der Waals surface area (Å²) in [5, 5.41) is 0. The quantitative estimate of drug-likeness (QED) is 0.733. The van der Waals surface area contributed by atoms with Crippen LogP contribution in [0.4, 0.5) is 0 Å². The minimum atomic E-state index is -4.17. The number of benzene rings is 2. The summed E-state index contributed by atoms with van der Waals surface area (Å²) in [7, 11) is -4.17. The first kappa shape index (κ1) is 20.5. The van der Waals surface area contributed by atoms with Crippen molar-refractivity contribution in [2.75, 3.05) is 0 Å². The zero-order valence-corrected chi connectivity index (χ0v) is 16.9. The molecule has 1 atom stereocenters. The molecule has 0 aliphatic heterocycles. The van der Waals surface area contributed by atoms with Gasteiger partial charge >= 0.3 is 0 Å². The first-order valence-corrected chi connectivity index (χ1v) is 10.2. The van der Waals surface area contributed by atoms with Crippen molar-refractivity contribution >= 4 is 10.1 Å². The molecule has 0 fully saturated rings. The fourth-order valence-corrected chi connectivity index (χ4v) is 3.46. The summed E-state index contributed by atoms with van der Waals surface area (Å²) in [6, 6.07) is 12.9. The highest BCUT2D eigenvalue weighted by Crippen LogP contribution is 2.23. The summed E-state index contributed by atoms with van der Waals surface area (Å²) < 4.78 is 37.8. The molecule has 4 nitrogen and oxygen atoms in total. The molecular weight excluding hydrogens is 348 g/mol. The highest BCUT2D eigenvalue weighted by Gasteiger charge is 2.14. The molecule has 2 rings (SSSR count). The molecule has 0 aromatic heterocycles. The Morgan fingerprint density at radius 3 is 2.19 bits per heavy atom. The molecule has 0 aliphatic rings. The van der Waals surface area contributed by atoms with E-state index in [2.05, 4.69) is 19.1 Å². The molecule has 0 radical (unpaired) electrons. The molecule has 0 amide bonds. The van der Waals surface area contributed by atoms with Gasteiger partial charge in [-0.1, -0.05) is 25.1 Å². The smallest absolute Gasteiger partial charge is 0.294 e. The average Bonchev–Trinajstić information content (AvgIpc) is 2.49. The second-order valence-electron chi connectivity index (χ2n) is 7.94. The van der Waals surface area contributed by atoms with Crippen LogP contribution in [0, 0.1) is 12.8 Å². The van der Waals surface area contributed by atoms with Gasteiger partial charge < -0.3 is 4.74 Å². The van der Waals surface area contributed by atoms with Crippen LogP contribution in [0.3, 0.4) is 0 Å². The van der Waals surface area contributed by atoms with Gasteiger partial charge in [-0.25, -0.2) is 0 Å². The maximum Gasteiger partial charge on any atom is 0.294 e. The largest absolute Gasteiger partial charge is 0.488 e. The standard InChI is InChI=1S/C21H28O4S/c1-15(12-17-7-9-19(10-8-17)25-21(3,4)5)13-18-14-20(26(22,23)24)11-6-16(18)2/h6-11,14-15H,12-13H2,1-5H3,(H,22,23,24). The van der Waals surface area contributed by atoms with Gasteiger partial charge in [0.1, 0.15) is 11.4 Å². The van der Waals surface area contributed by atoms with Crippen LogP contribution in [-0.4, -0.2) is 18.6 Å². The van der Waals surface area contributed by atoms with Gasteiger partial charge in [-0.2, -0.15) is 8.42 Å². The first-order chi connectivity index (χ1) is 11.9. The topological polar surface area (TPSA) is 63.6 Å². The maximum atomic E-state index is 11.3. The molecule has 0 aliphatic carbocycles. The van der Waals surface area contributed by atoms with Gasteiger partial charge in [0.2, 0.25) is 0 Å². The predicted molar refractivity (Wildman–Crippen MR) is 104 cm³/mol. The van der Waals surface area contributed by atoms with E-state index >= 15 is 0 Å². The molecule has 2 aromatic rings. The van der Waals surface area contributed by atoms with Crippen molar-refractivity contribution < 1.29 is 17.7 Å². The van der Waals surface area contributed by atoms with E-state index in [0.717, 1.165) is 29.7 Å². The third-order valence-electron chi connectivity index (χ3n) is 4.12. The Kier molecular flexibility index (Phi) is 6.14. The van der Waals surface area contributed by atoms with Crippen LogP contribution in [0.25, 0.3) is 0 Å². The molecule has 0 spiro atoms. The molecule has 0 heterocycles. The lowest BCUT2D eigenvalue weighted by molar-refractivity contribution is 0.131. The Hall–Kier alpha value is -1.85. The van der Waals surface area contributed by atoms with Crippen LogP contribution < -0.4 is 4.74 Å². The van der Waals surface area contributed by atoms with E-state index in [9.17, 15) is 13.0 Å². The highest BCUT2D eigenvalue weighted by molar-refractivity contribution is 7.85. The van der Waals surface area contributed by atoms with Crippen molar-refractivity contribution in [1.29, 1.82) is 0 Å². The van der Waals surface area contributed by atoms with Gasteiger partial charge in [0, 0.05) is 0 Å². The van der Waals surface area contributed by atoms with E-state index in [4.69, 9.17) is 4.74 Å². The normalized spacial score (nSPS) is 13.5. The Morgan fingerprint density at radius 1 is 1.04 bits per heavy atom. The number of hydrogen-bond donors (Lipinski definition) is 1. The minimum Gasteiger partial charge on any atom is -0.488 e. The van der Waals surface area contributed by atoms with Crippen LogP contribution in [0.1, 0.15) is 44.4 Å². The van der Waals surface area contributed by atoms with E-state index in [1.165, 1.54) is 11.6 Å². The molecule has 5 heteroatoms. The van der Waals surface area contributed by atoms with Gasteiger partial charge in [-0.3, -0.25) is 4.55 Å². The van der Waals surface area contributed by atoms with Crippen molar-refractivity contribution in [3.05, 3.63) is 59.2 Å². The van der Waals surface area contributed by atoms with E-state index in [-0.39, 0.29) is 10.5 Å². The number of ether oxygens (including phenoxy) is 1. The maximum absolute atomic E-state index is 11.3. The van der Waals surface area contributed by atoms with Gasteiger partial charge in [0.15, 0.2) is 0 Å². The Balaban J connectivity index is 2.06. The summed E-state index contributed by atoms with van der Waals surface area (Å²) in [6.07, 6.45) is 1.63. The molecule has 2 aromatic carbocycles. The third-order valence-corrected chi connectivity index (χ3v) is 4.97. The van der Waals surface area contributed by atoms with Crippen LogP contribution in [0.2, 0.25) is 0 Å². The van der Waals surface area contributed by atoms with E-state index < -0.39 is 10.1 Å². The van der Waals surface area contributed by atoms with Crippen LogP contribution >= 0.6 is 0 Å². The Labute approximate surface area is 157 Å². The van der Waals surface area contributed by atoms with Crippen LogP contribution in [-0.2, 0) is 23.0 Å². The van der Waals surface area contributed by atoms with E-state index in [1.54, 1.807) is 12.1 Å². The van der Waals surface area contributed by atoms with Crippen molar-refractivity contribution in [2.24, 2.45) is 5.92 Å². The molecular formula is C21H28O4S. The van der Waals surface area contributed by atoms with Crippen molar-refractivity contribution in [3.63, 3.8) is 0 Å². The van der Waals surface area contributed by atoms with Gasteiger partial charge in [-0.15, -0.1) is 0 Å². The molecule has 26 heavy (non-hydrogen) atoms. The minimum absolute atomic E-state index is 0.0472. The van der Waals surface area contributed by atoms with Gasteiger partial charge in [0.05, 0.1) is 4.90 Å². The number of aryl methyl sites for hydroxylation is 1.